The minimum atomic E-state index is -4.58. The average molecular weight is 731 g/mol. The molecule has 1 fully saturated rings. The van der Waals surface area contributed by atoms with E-state index in [-0.39, 0.29) is 45.9 Å². The molecule has 0 radical (unpaired) electrons. The van der Waals surface area contributed by atoms with Crippen LogP contribution in [0.5, 0.6) is 23.0 Å². The van der Waals surface area contributed by atoms with Gasteiger partial charge in [0.1, 0.15) is 32.8 Å². The Hall–Kier alpha value is -4.15. The first kappa shape index (κ1) is 36.1. The highest BCUT2D eigenvalue weighted by molar-refractivity contribution is 7.92. The summed E-state index contributed by atoms with van der Waals surface area (Å²) >= 11 is 0. The van der Waals surface area contributed by atoms with E-state index in [4.69, 9.17) is 18.9 Å². The summed E-state index contributed by atoms with van der Waals surface area (Å²) in [4.78, 5) is -0.527. The Balaban J connectivity index is 1.74. The number of benzene rings is 4. The monoisotopic (exact) mass is 730 g/mol. The molecule has 49 heavy (non-hydrogen) atoms. The zero-order valence-electron chi connectivity index (χ0n) is 27.4. The first-order valence-electron chi connectivity index (χ1n) is 15.1. The maximum atomic E-state index is 14.8. The van der Waals surface area contributed by atoms with Crippen molar-refractivity contribution in [3.8, 4) is 23.0 Å². The van der Waals surface area contributed by atoms with Crippen molar-refractivity contribution in [1.82, 2.24) is 8.61 Å². The maximum absolute atomic E-state index is 14.8. The van der Waals surface area contributed by atoms with Crippen LogP contribution in [-0.2, 0) is 43.0 Å². The van der Waals surface area contributed by atoms with Gasteiger partial charge in [-0.25, -0.2) is 25.3 Å². The van der Waals surface area contributed by atoms with Gasteiger partial charge in [0.2, 0.25) is 20.0 Å². The summed E-state index contributed by atoms with van der Waals surface area (Å²) in [5.41, 5.74) is 1.12. The molecule has 262 valence electrons. The predicted octanol–water partition coefficient (Wildman–Crippen LogP) is 3.97. The van der Waals surface area contributed by atoms with Gasteiger partial charge in [0, 0.05) is 25.2 Å². The van der Waals surface area contributed by atoms with Gasteiger partial charge in [0.05, 0.1) is 52.0 Å². The fourth-order valence-corrected chi connectivity index (χ4v) is 11.7. The summed E-state index contributed by atoms with van der Waals surface area (Å²) < 4.78 is 110. The van der Waals surface area contributed by atoms with Gasteiger partial charge in [0.25, 0.3) is 0 Å². The fraction of sp³-hybridized carbons (Fsp3) is 0.294. The van der Waals surface area contributed by atoms with Gasteiger partial charge in [-0.05, 0) is 35.4 Å². The van der Waals surface area contributed by atoms with E-state index in [0.717, 1.165) is 8.61 Å². The molecule has 0 saturated carbocycles. The van der Waals surface area contributed by atoms with Gasteiger partial charge in [-0.2, -0.15) is 8.61 Å². The van der Waals surface area contributed by atoms with Crippen LogP contribution in [0.15, 0.2) is 107 Å². The van der Waals surface area contributed by atoms with Crippen molar-refractivity contribution in [3.05, 3.63) is 108 Å². The van der Waals surface area contributed by atoms with Crippen LogP contribution in [0.1, 0.15) is 11.1 Å². The lowest BCUT2D eigenvalue weighted by atomic mass is 10.1. The molecule has 0 bridgehead atoms. The van der Waals surface area contributed by atoms with Crippen LogP contribution >= 0.6 is 0 Å². The van der Waals surface area contributed by atoms with Crippen molar-refractivity contribution < 1.29 is 44.2 Å². The van der Waals surface area contributed by atoms with Gasteiger partial charge >= 0.3 is 0 Å². The van der Waals surface area contributed by atoms with Crippen molar-refractivity contribution in [2.75, 3.05) is 39.9 Å². The number of methoxy groups -OCH3 is 4. The van der Waals surface area contributed by atoms with Crippen molar-refractivity contribution in [2.24, 2.45) is 0 Å². The van der Waals surface area contributed by atoms with Crippen LogP contribution in [0.25, 0.3) is 0 Å². The SMILES string of the molecule is COc1ccc(OC)c(S(=O)(=O)N(Cc2ccccc2)[C@@H]2CS(=O)(=O)C[C@@H]2N(Cc2ccccc2)S(=O)(=O)c2cc(OC)ccc2OC)c1. The molecule has 4 aromatic carbocycles. The largest absolute Gasteiger partial charge is 0.497 e. The third-order valence-corrected chi connectivity index (χ3v) is 13.8. The molecule has 4 aromatic rings. The molecule has 1 aliphatic rings. The average Bonchev–Trinajstić information content (AvgIpc) is 3.43. The Kier molecular flexibility index (Phi) is 10.9. The van der Waals surface area contributed by atoms with E-state index in [0.29, 0.717) is 11.1 Å². The van der Waals surface area contributed by atoms with E-state index in [1.165, 1.54) is 64.8 Å². The summed E-state index contributed by atoms with van der Waals surface area (Å²) in [5.74, 6) is -0.795. The topological polar surface area (TPSA) is 146 Å². The van der Waals surface area contributed by atoms with Crippen LogP contribution in [-0.4, -0.2) is 85.9 Å². The molecule has 0 unspecified atom stereocenters. The van der Waals surface area contributed by atoms with E-state index >= 15 is 0 Å². The number of ether oxygens (including phenoxy) is 4. The number of hydrogen-bond donors (Lipinski definition) is 0. The van der Waals surface area contributed by atoms with Gasteiger partial charge in [-0.1, -0.05) is 60.7 Å². The third-order valence-electron chi connectivity index (χ3n) is 8.31. The smallest absolute Gasteiger partial charge is 0.247 e. The van der Waals surface area contributed by atoms with Crippen LogP contribution in [0.2, 0.25) is 0 Å². The second-order valence-corrected chi connectivity index (χ2v) is 17.2. The highest BCUT2D eigenvalue weighted by atomic mass is 32.2. The Morgan fingerprint density at radius 3 is 1.27 bits per heavy atom. The molecule has 0 amide bonds. The molecule has 0 aromatic heterocycles. The second-order valence-electron chi connectivity index (χ2n) is 11.3. The van der Waals surface area contributed by atoms with Crippen molar-refractivity contribution in [2.45, 2.75) is 35.0 Å². The summed E-state index contributed by atoms with van der Waals surface area (Å²) in [6, 6.07) is 23.1. The maximum Gasteiger partial charge on any atom is 0.247 e. The molecule has 5 rings (SSSR count). The molecule has 0 aliphatic carbocycles. The van der Waals surface area contributed by atoms with Crippen LogP contribution in [0.3, 0.4) is 0 Å². The summed E-state index contributed by atoms with van der Waals surface area (Å²) in [5, 5.41) is 0. The van der Waals surface area contributed by atoms with E-state index < -0.39 is 53.5 Å². The van der Waals surface area contributed by atoms with Gasteiger partial charge < -0.3 is 18.9 Å². The standard InChI is InChI=1S/C34H38N2O10S3/c1-43-27-15-17-31(45-3)33(19-27)48(39,40)35(21-25-11-7-5-8-12-25)29-23-47(37,38)24-30(29)36(22-26-13-9-6-10-14-26)49(41,42)34-20-28(44-2)16-18-32(34)46-4/h5-20,29-30H,21-24H2,1-4H3/t29-,30+. The molecule has 2 atom stereocenters. The van der Waals surface area contributed by atoms with Crippen molar-refractivity contribution in [1.29, 1.82) is 0 Å². The molecular weight excluding hydrogens is 693 g/mol. The Morgan fingerprint density at radius 1 is 0.571 bits per heavy atom. The number of hydrogen-bond acceptors (Lipinski definition) is 10. The summed E-state index contributed by atoms with van der Waals surface area (Å²) in [6.45, 7) is -0.524. The molecular formula is C34H38N2O10S3. The van der Waals surface area contributed by atoms with E-state index in [1.54, 1.807) is 60.7 Å². The molecule has 1 saturated heterocycles. The van der Waals surface area contributed by atoms with Crippen LogP contribution in [0, 0.1) is 0 Å². The van der Waals surface area contributed by atoms with E-state index in [2.05, 4.69) is 0 Å². The van der Waals surface area contributed by atoms with Crippen molar-refractivity contribution in [3.63, 3.8) is 0 Å². The summed E-state index contributed by atoms with van der Waals surface area (Å²) in [6.07, 6.45) is 0. The van der Waals surface area contributed by atoms with E-state index in [9.17, 15) is 25.3 Å². The Bertz CT molecular complexity index is 1950. The second kappa shape index (κ2) is 14.8. The lowest BCUT2D eigenvalue weighted by Crippen LogP contribution is -2.54. The zero-order chi connectivity index (χ0) is 35.4. The summed E-state index contributed by atoms with van der Waals surface area (Å²) in [7, 11) is -7.74. The predicted molar refractivity (Wildman–Crippen MR) is 184 cm³/mol. The van der Waals surface area contributed by atoms with E-state index in [1.807, 2.05) is 0 Å². The van der Waals surface area contributed by atoms with Gasteiger partial charge in [0.15, 0.2) is 9.84 Å². The normalized spacial score (nSPS) is 17.6. The van der Waals surface area contributed by atoms with Gasteiger partial charge in [-0.15, -0.1) is 0 Å². The molecule has 1 aliphatic heterocycles. The minimum absolute atomic E-state index is 0.00569. The Labute approximate surface area is 287 Å². The first-order valence-corrected chi connectivity index (χ1v) is 19.8. The first-order chi connectivity index (χ1) is 23.3. The molecule has 12 nitrogen and oxygen atoms in total. The lowest BCUT2D eigenvalue weighted by molar-refractivity contribution is 0.218. The number of rotatable bonds is 14. The van der Waals surface area contributed by atoms with Crippen LogP contribution in [0.4, 0.5) is 0 Å². The minimum Gasteiger partial charge on any atom is -0.497 e. The highest BCUT2D eigenvalue weighted by Crippen LogP contribution is 2.39. The number of sulfone groups is 1. The lowest BCUT2D eigenvalue weighted by Gasteiger charge is -2.37. The van der Waals surface area contributed by atoms with Crippen LogP contribution < -0.4 is 18.9 Å². The highest BCUT2D eigenvalue weighted by Gasteiger charge is 2.51. The number of sulfonamides is 2. The molecule has 15 heteroatoms. The van der Waals surface area contributed by atoms with Gasteiger partial charge in [-0.3, -0.25) is 0 Å². The molecule has 0 spiro atoms. The fourth-order valence-electron chi connectivity index (χ4n) is 5.87. The molecule has 0 N–H and O–H groups in total. The number of nitrogens with zero attached hydrogens (tertiary/aromatic N) is 2. The quantitative estimate of drug-likeness (QED) is 0.187. The van der Waals surface area contributed by atoms with Crippen molar-refractivity contribution >= 4 is 29.9 Å². The molecule has 1 heterocycles. The zero-order valence-corrected chi connectivity index (χ0v) is 29.9. The Morgan fingerprint density at radius 2 is 0.939 bits per heavy atom. The third kappa shape index (κ3) is 7.70.